The van der Waals surface area contributed by atoms with Gasteiger partial charge in [0.25, 0.3) is 0 Å². The summed E-state index contributed by atoms with van der Waals surface area (Å²) in [6.07, 6.45) is 2.38. The third-order valence-electron chi connectivity index (χ3n) is 2.55. The number of carboxylic acids is 1. The third kappa shape index (κ3) is 2.72. The molecule has 1 N–H and O–H groups in total. The summed E-state index contributed by atoms with van der Waals surface area (Å²) in [5.41, 5.74) is 0.383. The molecule has 102 valence electrons. The Morgan fingerprint density at radius 2 is 2.10 bits per heavy atom. The van der Waals surface area contributed by atoms with Crippen molar-refractivity contribution in [2.75, 3.05) is 0 Å². The maximum Gasteiger partial charge on any atom is 0.339 e. The molecule has 0 saturated heterocycles. The Bertz CT molecular complexity index is 684. The number of nitrogens with zero attached hydrogens (tertiary/aromatic N) is 2. The molecule has 1 aromatic carbocycles. The molecule has 0 aliphatic heterocycles. The van der Waals surface area contributed by atoms with Crippen LogP contribution >= 0.6 is 0 Å². The number of benzene rings is 1. The number of aryl methyl sites for hydroxylation is 1. The van der Waals surface area contributed by atoms with Crippen molar-refractivity contribution < 1.29 is 19.6 Å². The van der Waals surface area contributed by atoms with E-state index in [1.54, 1.807) is 13.0 Å². The van der Waals surface area contributed by atoms with Gasteiger partial charge in [-0.05, 0) is 24.6 Å². The van der Waals surface area contributed by atoms with Crippen LogP contribution in [0.5, 0.6) is 11.5 Å². The second kappa shape index (κ2) is 5.35. The Morgan fingerprint density at radius 1 is 1.35 bits per heavy atom. The van der Waals surface area contributed by atoms with Crippen LogP contribution in [0.4, 0.5) is 5.69 Å². The number of hydrogen-bond acceptors (Lipinski definition) is 5. The molecule has 1 heterocycles. The Morgan fingerprint density at radius 3 is 2.75 bits per heavy atom. The van der Waals surface area contributed by atoms with Crippen LogP contribution in [0.3, 0.4) is 0 Å². The van der Waals surface area contributed by atoms with Gasteiger partial charge < -0.3 is 9.84 Å². The highest BCUT2D eigenvalue weighted by atomic mass is 16.6. The standard InChI is InChI=1S/C13H10N2O5/c1-8-2-3-9(13(16)17)12(6-8)20-11-4-5-14-7-10(11)15(18)19/h2-7H,1H3,(H,16,17). The lowest BCUT2D eigenvalue weighted by Crippen LogP contribution is -2.01. The Kier molecular flexibility index (Phi) is 3.60. The first kappa shape index (κ1) is 13.5. The molecule has 0 spiro atoms. The predicted octanol–water partition coefficient (Wildman–Crippen LogP) is 2.79. The van der Waals surface area contributed by atoms with E-state index in [9.17, 15) is 14.9 Å². The van der Waals surface area contributed by atoms with Crippen LogP contribution in [0.2, 0.25) is 0 Å². The Balaban J connectivity index is 2.47. The average molecular weight is 274 g/mol. The maximum atomic E-state index is 11.1. The SMILES string of the molecule is Cc1ccc(C(=O)O)c(Oc2ccncc2[N+](=O)[O-])c1. The quantitative estimate of drug-likeness (QED) is 0.679. The minimum absolute atomic E-state index is 0.0480. The molecule has 7 nitrogen and oxygen atoms in total. The van der Waals surface area contributed by atoms with E-state index in [4.69, 9.17) is 9.84 Å². The van der Waals surface area contributed by atoms with Gasteiger partial charge in [0.1, 0.15) is 17.5 Å². The highest BCUT2D eigenvalue weighted by Gasteiger charge is 2.18. The third-order valence-corrected chi connectivity index (χ3v) is 2.55. The molecule has 1 aromatic heterocycles. The highest BCUT2D eigenvalue weighted by Crippen LogP contribution is 2.32. The van der Waals surface area contributed by atoms with Crippen LogP contribution in [0.15, 0.2) is 36.7 Å². The minimum Gasteiger partial charge on any atom is -0.478 e. The molecule has 0 aliphatic rings. The Hall–Kier alpha value is -2.96. The number of rotatable bonds is 4. The maximum absolute atomic E-state index is 11.1. The summed E-state index contributed by atoms with van der Waals surface area (Å²) in [4.78, 5) is 25.0. The zero-order valence-corrected chi connectivity index (χ0v) is 10.4. The smallest absolute Gasteiger partial charge is 0.339 e. The summed E-state index contributed by atoms with van der Waals surface area (Å²) in [5, 5.41) is 20.0. The average Bonchev–Trinajstić information content (AvgIpc) is 2.38. The molecule has 0 atom stereocenters. The molecule has 0 aliphatic carbocycles. The number of carboxylic acid groups (broad SMARTS) is 1. The van der Waals surface area contributed by atoms with Crippen molar-refractivity contribution >= 4 is 11.7 Å². The molecule has 0 saturated carbocycles. The number of carbonyl (C=O) groups is 1. The first-order valence-corrected chi connectivity index (χ1v) is 5.59. The summed E-state index contributed by atoms with van der Waals surface area (Å²) in [6.45, 7) is 1.76. The number of hydrogen-bond donors (Lipinski definition) is 1. The molecule has 7 heteroatoms. The van der Waals surface area contributed by atoms with E-state index in [1.165, 1.54) is 24.4 Å². The molecule has 0 unspecified atom stereocenters. The summed E-state index contributed by atoms with van der Waals surface area (Å²) < 4.78 is 5.38. The van der Waals surface area contributed by atoms with Crippen molar-refractivity contribution in [3.63, 3.8) is 0 Å². The van der Waals surface area contributed by atoms with Crippen molar-refractivity contribution in [2.45, 2.75) is 6.92 Å². The first-order chi connectivity index (χ1) is 9.49. The van der Waals surface area contributed by atoms with E-state index in [-0.39, 0.29) is 22.7 Å². The van der Waals surface area contributed by atoms with Crippen LogP contribution in [-0.2, 0) is 0 Å². The lowest BCUT2D eigenvalue weighted by atomic mass is 10.1. The Labute approximate surface area is 113 Å². The van der Waals surface area contributed by atoms with Crippen molar-refractivity contribution in [1.29, 1.82) is 0 Å². The van der Waals surface area contributed by atoms with E-state index in [0.717, 1.165) is 11.8 Å². The number of aromatic nitrogens is 1. The van der Waals surface area contributed by atoms with Gasteiger partial charge in [-0.1, -0.05) is 6.07 Å². The number of ether oxygens (including phenoxy) is 1. The lowest BCUT2D eigenvalue weighted by Gasteiger charge is -2.09. The van der Waals surface area contributed by atoms with Gasteiger partial charge in [0.05, 0.1) is 4.92 Å². The van der Waals surface area contributed by atoms with Gasteiger partial charge in [0.15, 0.2) is 0 Å². The molecule has 20 heavy (non-hydrogen) atoms. The molecule has 0 bridgehead atoms. The lowest BCUT2D eigenvalue weighted by molar-refractivity contribution is -0.386. The van der Waals surface area contributed by atoms with Crippen molar-refractivity contribution in [2.24, 2.45) is 0 Å². The second-order valence-electron chi connectivity index (χ2n) is 4.01. The number of pyridine rings is 1. The van der Waals surface area contributed by atoms with Gasteiger partial charge in [-0.15, -0.1) is 0 Å². The van der Waals surface area contributed by atoms with Gasteiger partial charge in [-0.25, -0.2) is 4.79 Å². The molecule has 0 amide bonds. The summed E-state index contributed by atoms with van der Waals surface area (Å²) in [6, 6.07) is 5.83. The molecule has 2 rings (SSSR count). The number of aromatic carboxylic acids is 1. The fraction of sp³-hybridized carbons (Fsp3) is 0.0769. The van der Waals surface area contributed by atoms with Gasteiger partial charge in [-0.2, -0.15) is 0 Å². The molecular formula is C13H10N2O5. The molecule has 0 fully saturated rings. The van der Waals surface area contributed by atoms with Gasteiger partial charge in [0.2, 0.25) is 5.75 Å². The first-order valence-electron chi connectivity index (χ1n) is 5.59. The summed E-state index contributed by atoms with van der Waals surface area (Å²) >= 11 is 0. The molecule has 0 radical (unpaired) electrons. The van der Waals surface area contributed by atoms with Gasteiger partial charge in [-0.3, -0.25) is 15.1 Å². The van der Waals surface area contributed by atoms with Crippen molar-refractivity contribution in [1.82, 2.24) is 4.98 Å². The minimum atomic E-state index is -1.17. The topological polar surface area (TPSA) is 103 Å². The van der Waals surface area contributed by atoms with E-state index < -0.39 is 10.9 Å². The summed E-state index contributed by atoms with van der Waals surface area (Å²) in [5.74, 6) is -1.18. The largest absolute Gasteiger partial charge is 0.478 e. The number of nitro groups is 1. The molecular weight excluding hydrogens is 264 g/mol. The summed E-state index contributed by atoms with van der Waals surface area (Å²) in [7, 11) is 0. The normalized spacial score (nSPS) is 10.1. The monoisotopic (exact) mass is 274 g/mol. The van der Waals surface area contributed by atoms with Crippen LogP contribution in [0.1, 0.15) is 15.9 Å². The molecule has 2 aromatic rings. The van der Waals surface area contributed by atoms with Crippen molar-refractivity contribution in [3.8, 4) is 11.5 Å². The van der Waals surface area contributed by atoms with Crippen LogP contribution in [-0.4, -0.2) is 21.0 Å². The van der Waals surface area contributed by atoms with Crippen molar-refractivity contribution in [3.05, 3.63) is 57.9 Å². The highest BCUT2D eigenvalue weighted by molar-refractivity contribution is 5.91. The predicted molar refractivity (Wildman–Crippen MR) is 69.1 cm³/mol. The van der Waals surface area contributed by atoms with Gasteiger partial charge >= 0.3 is 11.7 Å². The zero-order valence-electron chi connectivity index (χ0n) is 10.4. The zero-order chi connectivity index (χ0) is 14.7. The second-order valence-corrected chi connectivity index (χ2v) is 4.01. The van der Waals surface area contributed by atoms with Gasteiger partial charge in [0, 0.05) is 12.3 Å². The van der Waals surface area contributed by atoms with E-state index >= 15 is 0 Å². The fourth-order valence-corrected chi connectivity index (χ4v) is 1.61. The van der Waals surface area contributed by atoms with E-state index in [0.29, 0.717) is 0 Å². The van der Waals surface area contributed by atoms with E-state index in [2.05, 4.69) is 4.98 Å². The van der Waals surface area contributed by atoms with Crippen LogP contribution < -0.4 is 4.74 Å². The van der Waals surface area contributed by atoms with E-state index in [1.807, 2.05) is 0 Å². The van der Waals surface area contributed by atoms with Crippen LogP contribution in [0.25, 0.3) is 0 Å². The fourth-order valence-electron chi connectivity index (χ4n) is 1.61. The van der Waals surface area contributed by atoms with Crippen LogP contribution in [0, 0.1) is 17.0 Å².